The van der Waals surface area contributed by atoms with Gasteiger partial charge in [0.1, 0.15) is 5.82 Å². The Labute approximate surface area is 158 Å². The summed E-state index contributed by atoms with van der Waals surface area (Å²) in [5.74, 6) is -0.644. The van der Waals surface area contributed by atoms with Gasteiger partial charge in [-0.2, -0.15) is 0 Å². The number of aryl methyl sites for hydroxylation is 1. The Kier molecular flexibility index (Phi) is 5.48. The standard InChI is InChI=1S/C19H22FN3O3S/c1-13-3-4-15(19(24)23-10-9-21-12-14(23)2)11-18(13)27(25,26)22-17-7-5-16(20)6-8-17/h3-8,11,14,21-22H,9-10,12H2,1-2H3/t14-/m1/s1. The van der Waals surface area contributed by atoms with Crippen LogP contribution in [0.15, 0.2) is 47.4 Å². The van der Waals surface area contributed by atoms with Crippen LogP contribution in [0, 0.1) is 12.7 Å². The minimum absolute atomic E-state index is 0.0282. The van der Waals surface area contributed by atoms with Gasteiger partial charge in [0.05, 0.1) is 4.90 Å². The second kappa shape index (κ2) is 7.66. The van der Waals surface area contributed by atoms with Gasteiger partial charge in [-0.15, -0.1) is 0 Å². The molecule has 1 heterocycles. The van der Waals surface area contributed by atoms with Gasteiger partial charge in [-0.3, -0.25) is 9.52 Å². The molecule has 1 amide bonds. The average Bonchev–Trinajstić information content (AvgIpc) is 2.63. The Bertz CT molecular complexity index is 945. The molecule has 1 fully saturated rings. The van der Waals surface area contributed by atoms with Crippen LogP contribution in [-0.4, -0.2) is 44.9 Å². The molecule has 1 aliphatic heterocycles. The van der Waals surface area contributed by atoms with E-state index in [4.69, 9.17) is 0 Å². The van der Waals surface area contributed by atoms with Crippen molar-refractivity contribution in [1.29, 1.82) is 0 Å². The van der Waals surface area contributed by atoms with Crippen LogP contribution in [0.25, 0.3) is 0 Å². The number of benzene rings is 2. The van der Waals surface area contributed by atoms with Crippen LogP contribution in [0.3, 0.4) is 0 Å². The van der Waals surface area contributed by atoms with Crippen molar-refractivity contribution in [3.63, 3.8) is 0 Å². The Morgan fingerprint density at radius 1 is 1.22 bits per heavy atom. The number of sulfonamides is 1. The number of carbonyl (C=O) groups is 1. The number of carbonyl (C=O) groups excluding carboxylic acids is 1. The third kappa shape index (κ3) is 4.28. The lowest BCUT2D eigenvalue weighted by atomic mass is 10.1. The average molecular weight is 391 g/mol. The molecule has 0 bridgehead atoms. The summed E-state index contributed by atoms with van der Waals surface area (Å²) < 4.78 is 41.0. The molecule has 2 aromatic carbocycles. The summed E-state index contributed by atoms with van der Waals surface area (Å²) in [5, 5.41) is 3.22. The van der Waals surface area contributed by atoms with Crippen LogP contribution in [0.1, 0.15) is 22.8 Å². The van der Waals surface area contributed by atoms with Crippen molar-refractivity contribution in [3.8, 4) is 0 Å². The van der Waals surface area contributed by atoms with Gasteiger partial charge in [0.15, 0.2) is 0 Å². The van der Waals surface area contributed by atoms with Gasteiger partial charge in [-0.05, 0) is 55.8 Å². The Morgan fingerprint density at radius 3 is 2.59 bits per heavy atom. The second-order valence-electron chi connectivity index (χ2n) is 6.64. The number of piperazine rings is 1. The Hall–Kier alpha value is -2.45. The first-order chi connectivity index (χ1) is 12.8. The van der Waals surface area contributed by atoms with Gasteiger partial charge in [0, 0.05) is 36.9 Å². The van der Waals surface area contributed by atoms with E-state index in [1.54, 1.807) is 24.0 Å². The van der Waals surface area contributed by atoms with Crippen molar-refractivity contribution in [2.75, 3.05) is 24.4 Å². The molecule has 1 atom stereocenters. The summed E-state index contributed by atoms with van der Waals surface area (Å²) >= 11 is 0. The molecular weight excluding hydrogens is 369 g/mol. The maximum atomic E-state index is 13.0. The number of halogens is 1. The van der Waals surface area contributed by atoms with E-state index in [9.17, 15) is 17.6 Å². The minimum Gasteiger partial charge on any atom is -0.333 e. The minimum atomic E-state index is -3.91. The zero-order valence-electron chi connectivity index (χ0n) is 15.2. The molecule has 144 valence electrons. The largest absolute Gasteiger partial charge is 0.333 e. The molecule has 0 aliphatic carbocycles. The topological polar surface area (TPSA) is 78.5 Å². The monoisotopic (exact) mass is 391 g/mol. The van der Waals surface area contributed by atoms with Crippen LogP contribution in [0.2, 0.25) is 0 Å². The Balaban J connectivity index is 1.90. The molecule has 3 rings (SSSR count). The quantitative estimate of drug-likeness (QED) is 0.839. The number of nitrogens with zero attached hydrogens (tertiary/aromatic N) is 1. The molecule has 27 heavy (non-hydrogen) atoms. The van der Waals surface area contributed by atoms with E-state index < -0.39 is 15.8 Å². The van der Waals surface area contributed by atoms with Crippen molar-refractivity contribution in [2.45, 2.75) is 24.8 Å². The first-order valence-electron chi connectivity index (χ1n) is 8.68. The molecule has 2 aromatic rings. The van der Waals surface area contributed by atoms with E-state index in [0.29, 0.717) is 30.8 Å². The number of amides is 1. The number of nitrogens with one attached hydrogen (secondary N) is 2. The fourth-order valence-corrected chi connectivity index (χ4v) is 4.39. The van der Waals surface area contributed by atoms with Crippen molar-refractivity contribution in [1.82, 2.24) is 10.2 Å². The molecule has 6 nitrogen and oxygen atoms in total. The van der Waals surface area contributed by atoms with Crippen LogP contribution < -0.4 is 10.0 Å². The van der Waals surface area contributed by atoms with Crippen molar-refractivity contribution in [2.24, 2.45) is 0 Å². The summed E-state index contributed by atoms with van der Waals surface area (Å²) in [7, 11) is -3.91. The van der Waals surface area contributed by atoms with Crippen LogP contribution in [0.4, 0.5) is 10.1 Å². The number of hydrogen-bond acceptors (Lipinski definition) is 4. The summed E-state index contributed by atoms with van der Waals surface area (Å²) in [6.07, 6.45) is 0. The highest BCUT2D eigenvalue weighted by Gasteiger charge is 2.26. The van der Waals surface area contributed by atoms with Crippen molar-refractivity contribution >= 4 is 21.6 Å². The maximum Gasteiger partial charge on any atom is 0.262 e. The van der Waals surface area contributed by atoms with Gasteiger partial charge in [-0.25, -0.2) is 12.8 Å². The molecule has 0 saturated carbocycles. The zero-order chi connectivity index (χ0) is 19.6. The molecule has 0 spiro atoms. The molecule has 1 saturated heterocycles. The fourth-order valence-electron chi connectivity index (χ4n) is 3.06. The number of anilines is 1. The third-order valence-electron chi connectivity index (χ3n) is 4.58. The van der Waals surface area contributed by atoms with E-state index in [2.05, 4.69) is 10.0 Å². The molecule has 0 radical (unpaired) electrons. The molecule has 8 heteroatoms. The first kappa shape index (κ1) is 19.3. The fraction of sp³-hybridized carbons (Fsp3) is 0.316. The molecule has 0 aromatic heterocycles. The van der Waals surface area contributed by atoms with E-state index in [0.717, 1.165) is 0 Å². The lowest BCUT2D eigenvalue weighted by Gasteiger charge is -2.34. The highest BCUT2D eigenvalue weighted by Crippen LogP contribution is 2.22. The normalized spacial score (nSPS) is 17.6. The smallest absolute Gasteiger partial charge is 0.262 e. The van der Waals surface area contributed by atoms with Gasteiger partial charge in [0.25, 0.3) is 15.9 Å². The van der Waals surface area contributed by atoms with E-state index in [-0.39, 0.29) is 22.5 Å². The summed E-state index contributed by atoms with van der Waals surface area (Å²) in [4.78, 5) is 14.6. The predicted octanol–water partition coefficient (Wildman–Crippen LogP) is 2.37. The Morgan fingerprint density at radius 2 is 1.93 bits per heavy atom. The lowest BCUT2D eigenvalue weighted by molar-refractivity contribution is 0.0655. The van der Waals surface area contributed by atoms with E-state index in [1.165, 1.54) is 30.3 Å². The summed E-state index contributed by atoms with van der Waals surface area (Å²) in [6.45, 7) is 5.60. The van der Waals surface area contributed by atoms with E-state index in [1.807, 2.05) is 6.92 Å². The SMILES string of the molecule is Cc1ccc(C(=O)N2CCNC[C@H]2C)cc1S(=O)(=O)Nc1ccc(F)cc1. The van der Waals surface area contributed by atoms with Gasteiger partial charge >= 0.3 is 0 Å². The first-order valence-corrected chi connectivity index (χ1v) is 10.2. The van der Waals surface area contributed by atoms with Crippen LogP contribution in [-0.2, 0) is 10.0 Å². The van der Waals surface area contributed by atoms with Gasteiger partial charge in [-0.1, -0.05) is 6.07 Å². The highest BCUT2D eigenvalue weighted by atomic mass is 32.2. The third-order valence-corrected chi connectivity index (χ3v) is 6.11. The molecule has 2 N–H and O–H groups in total. The van der Waals surface area contributed by atoms with Crippen LogP contribution >= 0.6 is 0 Å². The summed E-state index contributed by atoms with van der Waals surface area (Å²) in [5.41, 5.74) is 1.10. The van der Waals surface area contributed by atoms with Gasteiger partial charge < -0.3 is 10.2 Å². The van der Waals surface area contributed by atoms with Crippen molar-refractivity contribution < 1.29 is 17.6 Å². The highest BCUT2D eigenvalue weighted by molar-refractivity contribution is 7.92. The molecule has 1 aliphatic rings. The number of rotatable bonds is 4. The van der Waals surface area contributed by atoms with Crippen molar-refractivity contribution in [3.05, 3.63) is 59.4 Å². The van der Waals surface area contributed by atoms with Gasteiger partial charge in [0.2, 0.25) is 0 Å². The zero-order valence-corrected chi connectivity index (χ0v) is 16.0. The maximum absolute atomic E-state index is 13.0. The molecule has 0 unspecified atom stereocenters. The van der Waals surface area contributed by atoms with E-state index >= 15 is 0 Å². The number of hydrogen-bond donors (Lipinski definition) is 2. The predicted molar refractivity (Wildman–Crippen MR) is 102 cm³/mol. The lowest BCUT2D eigenvalue weighted by Crippen LogP contribution is -2.52. The second-order valence-corrected chi connectivity index (χ2v) is 8.30. The summed E-state index contributed by atoms with van der Waals surface area (Å²) in [6, 6.07) is 9.75. The van der Waals surface area contributed by atoms with Crippen LogP contribution in [0.5, 0.6) is 0 Å². The molecular formula is C19H22FN3O3S.